The van der Waals surface area contributed by atoms with Gasteiger partial charge in [0.05, 0.1) is 17.7 Å². The first-order valence-electron chi connectivity index (χ1n) is 13.1. The van der Waals surface area contributed by atoms with Crippen LogP contribution in [0.5, 0.6) is 5.75 Å². The lowest BCUT2D eigenvalue weighted by Gasteiger charge is -2.33. The Morgan fingerprint density at radius 3 is 2.27 bits per heavy atom. The molecule has 0 bridgehead atoms. The third-order valence-corrected chi connectivity index (χ3v) is 8.72. The molecule has 1 atom stereocenters. The Morgan fingerprint density at radius 2 is 1.68 bits per heavy atom. The van der Waals surface area contributed by atoms with E-state index < -0.39 is 28.5 Å². The van der Waals surface area contributed by atoms with Gasteiger partial charge >= 0.3 is 0 Å². The molecule has 0 radical (unpaired) electrons. The van der Waals surface area contributed by atoms with Gasteiger partial charge in [-0.25, -0.2) is 8.42 Å². The van der Waals surface area contributed by atoms with Crippen molar-refractivity contribution in [2.45, 2.75) is 51.6 Å². The monoisotopic (exact) mass is 585 g/mol. The number of carbonyl (C=O) groups is 2. The predicted molar refractivity (Wildman–Crippen MR) is 158 cm³/mol. The van der Waals surface area contributed by atoms with Gasteiger partial charge < -0.3 is 15.0 Å². The van der Waals surface area contributed by atoms with Crippen molar-refractivity contribution in [3.8, 4) is 5.75 Å². The number of hydrogen-bond acceptors (Lipinski definition) is 5. The summed E-state index contributed by atoms with van der Waals surface area (Å²) in [6.45, 7) is 7.41. The lowest BCUT2D eigenvalue weighted by Crippen LogP contribution is -2.52. The van der Waals surface area contributed by atoms with Crippen molar-refractivity contribution in [3.63, 3.8) is 0 Å². The second-order valence-electron chi connectivity index (χ2n) is 9.43. The van der Waals surface area contributed by atoms with Crippen LogP contribution in [-0.2, 0) is 26.2 Å². The molecular formula is C30H36ClN3O5S. The summed E-state index contributed by atoms with van der Waals surface area (Å²) in [5.74, 6) is -0.214. The third-order valence-electron chi connectivity index (χ3n) is 6.68. The van der Waals surface area contributed by atoms with Gasteiger partial charge in [-0.05, 0) is 92.4 Å². The van der Waals surface area contributed by atoms with E-state index in [1.165, 1.54) is 29.2 Å². The number of aryl methyl sites for hydroxylation is 2. The molecule has 0 aliphatic rings. The van der Waals surface area contributed by atoms with Crippen molar-refractivity contribution in [2.24, 2.45) is 0 Å². The number of benzene rings is 3. The molecule has 0 aromatic heterocycles. The first-order chi connectivity index (χ1) is 19.0. The summed E-state index contributed by atoms with van der Waals surface area (Å²) in [6, 6.07) is 17.4. The number of halogens is 1. The van der Waals surface area contributed by atoms with E-state index in [2.05, 4.69) is 5.32 Å². The molecule has 0 saturated carbocycles. The largest absolute Gasteiger partial charge is 0.497 e. The third kappa shape index (κ3) is 7.34. The van der Waals surface area contributed by atoms with Crippen LogP contribution in [-0.4, -0.2) is 51.4 Å². The number of rotatable bonds is 12. The van der Waals surface area contributed by atoms with E-state index in [0.717, 1.165) is 21.0 Å². The average Bonchev–Trinajstić information content (AvgIpc) is 2.93. The van der Waals surface area contributed by atoms with Crippen LogP contribution in [0, 0.1) is 13.8 Å². The van der Waals surface area contributed by atoms with Crippen LogP contribution in [0.25, 0.3) is 0 Å². The van der Waals surface area contributed by atoms with E-state index in [1.807, 2.05) is 32.9 Å². The zero-order valence-electron chi connectivity index (χ0n) is 23.5. The normalized spacial score (nSPS) is 11.9. The molecule has 0 aliphatic carbocycles. The minimum absolute atomic E-state index is 0.00181. The van der Waals surface area contributed by atoms with Crippen LogP contribution in [0.2, 0.25) is 5.02 Å². The lowest BCUT2D eigenvalue weighted by atomic mass is 10.1. The van der Waals surface area contributed by atoms with Gasteiger partial charge in [-0.3, -0.25) is 13.9 Å². The molecule has 1 N–H and O–H groups in total. The van der Waals surface area contributed by atoms with Gasteiger partial charge in [0.1, 0.15) is 18.3 Å². The van der Waals surface area contributed by atoms with E-state index in [1.54, 1.807) is 44.4 Å². The Labute approximate surface area is 241 Å². The van der Waals surface area contributed by atoms with E-state index in [-0.39, 0.29) is 17.3 Å². The number of ether oxygens (including phenoxy) is 1. The molecule has 0 saturated heterocycles. The van der Waals surface area contributed by atoms with Gasteiger partial charge in [0.15, 0.2) is 0 Å². The summed E-state index contributed by atoms with van der Waals surface area (Å²) in [4.78, 5) is 28.5. The topological polar surface area (TPSA) is 96.0 Å². The van der Waals surface area contributed by atoms with Crippen molar-refractivity contribution in [3.05, 3.63) is 88.4 Å². The van der Waals surface area contributed by atoms with Crippen LogP contribution < -0.4 is 14.4 Å². The molecule has 3 aromatic rings. The van der Waals surface area contributed by atoms with Crippen molar-refractivity contribution < 1.29 is 22.7 Å². The Balaban J connectivity index is 2.09. The maximum atomic E-state index is 14.1. The molecule has 3 rings (SSSR count). The number of carbonyl (C=O) groups excluding carboxylic acids is 2. The summed E-state index contributed by atoms with van der Waals surface area (Å²) in [5, 5.41) is 3.19. The summed E-state index contributed by atoms with van der Waals surface area (Å²) in [5.41, 5.74) is 2.96. The predicted octanol–water partition coefficient (Wildman–Crippen LogP) is 5.10. The fraction of sp³-hybridized carbons (Fsp3) is 0.333. The molecular weight excluding hydrogens is 550 g/mol. The lowest BCUT2D eigenvalue weighted by molar-refractivity contribution is -0.140. The van der Waals surface area contributed by atoms with Crippen molar-refractivity contribution in [2.75, 3.05) is 24.5 Å². The quantitative estimate of drug-likeness (QED) is 0.319. The van der Waals surface area contributed by atoms with E-state index in [9.17, 15) is 18.0 Å². The number of methoxy groups -OCH3 is 1. The molecule has 40 heavy (non-hydrogen) atoms. The first-order valence-corrected chi connectivity index (χ1v) is 14.9. The maximum absolute atomic E-state index is 14.1. The molecule has 214 valence electrons. The van der Waals surface area contributed by atoms with Crippen LogP contribution >= 0.6 is 11.6 Å². The van der Waals surface area contributed by atoms with Crippen LogP contribution in [0.3, 0.4) is 0 Å². The molecule has 2 amide bonds. The molecule has 10 heteroatoms. The van der Waals surface area contributed by atoms with Crippen molar-refractivity contribution in [1.82, 2.24) is 10.2 Å². The molecule has 0 fully saturated rings. The zero-order chi connectivity index (χ0) is 29.4. The van der Waals surface area contributed by atoms with E-state index in [4.69, 9.17) is 16.3 Å². The highest BCUT2D eigenvalue weighted by atomic mass is 35.5. The Bertz CT molecular complexity index is 1440. The fourth-order valence-corrected chi connectivity index (χ4v) is 5.85. The summed E-state index contributed by atoms with van der Waals surface area (Å²) in [7, 11) is -2.62. The number of anilines is 1. The van der Waals surface area contributed by atoms with Crippen molar-refractivity contribution in [1.29, 1.82) is 0 Å². The summed E-state index contributed by atoms with van der Waals surface area (Å²) >= 11 is 6.01. The molecule has 3 aromatic carbocycles. The zero-order valence-corrected chi connectivity index (χ0v) is 25.1. The fourth-order valence-electron chi connectivity index (χ4n) is 4.32. The molecule has 1 unspecified atom stereocenters. The molecule has 0 heterocycles. The number of nitrogens with one attached hydrogen (secondary N) is 1. The maximum Gasteiger partial charge on any atom is 0.264 e. The van der Waals surface area contributed by atoms with E-state index in [0.29, 0.717) is 29.4 Å². The Kier molecular flexibility index (Phi) is 10.6. The minimum Gasteiger partial charge on any atom is -0.497 e. The smallest absolute Gasteiger partial charge is 0.264 e. The Morgan fingerprint density at radius 1 is 0.975 bits per heavy atom. The Hall–Kier alpha value is -3.56. The number of nitrogens with zero attached hydrogens (tertiary/aromatic N) is 2. The second-order valence-corrected chi connectivity index (χ2v) is 11.7. The SMILES string of the molecule is CCNC(=O)C(CC)N(Cc1cccc(OC)c1)C(=O)CN(c1ccc(C)c(C)c1)S(=O)(=O)c1ccc(Cl)cc1. The molecule has 0 aliphatic heterocycles. The summed E-state index contributed by atoms with van der Waals surface area (Å²) < 4.78 is 34.3. The standard InChI is InChI=1S/C30H36ClN3O5S/c1-6-28(30(36)32-7-2)33(19-23-9-8-10-26(18-23)39-5)29(35)20-34(25-14-11-21(3)22(4)17-25)40(37,38)27-15-12-24(31)13-16-27/h8-18,28H,6-7,19-20H2,1-5H3,(H,32,36). The second kappa shape index (κ2) is 13.7. The van der Waals surface area contributed by atoms with E-state index >= 15 is 0 Å². The number of likely N-dealkylation sites (N-methyl/N-ethyl adjacent to an activating group) is 1. The first kappa shape index (κ1) is 31.0. The van der Waals surface area contributed by atoms with Gasteiger partial charge in [0, 0.05) is 18.1 Å². The van der Waals surface area contributed by atoms with Crippen molar-refractivity contribution >= 4 is 39.1 Å². The van der Waals surface area contributed by atoms with Crippen LogP contribution in [0.15, 0.2) is 71.6 Å². The van der Waals surface area contributed by atoms with Gasteiger partial charge in [0.2, 0.25) is 11.8 Å². The average molecular weight is 586 g/mol. The highest BCUT2D eigenvalue weighted by molar-refractivity contribution is 7.92. The van der Waals surface area contributed by atoms with Gasteiger partial charge in [-0.2, -0.15) is 0 Å². The van der Waals surface area contributed by atoms with Crippen LogP contribution in [0.4, 0.5) is 5.69 Å². The van der Waals surface area contributed by atoms with Crippen LogP contribution in [0.1, 0.15) is 37.0 Å². The van der Waals surface area contributed by atoms with Gasteiger partial charge in [0.25, 0.3) is 10.0 Å². The number of sulfonamides is 1. The number of hydrogen-bond donors (Lipinski definition) is 1. The van der Waals surface area contributed by atoms with Gasteiger partial charge in [-0.1, -0.05) is 36.7 Å². The highest BCUT2D eigenvalue weighted by Crippen LogP contribution is 2.27. The summed E-state index contributed by atoms with van der Waals surface area (Å²) in [6.07, 6.45) is 0.342. The highest BCUT2D eigenvalue weighted by Gasteiger charge is 2.33. The molecule has 0 spiro atoms. The van der Waals surface area contributed by atoms with Gasteiger partial charge in [-0.15, -0.1) is 0 Å². The number of amides is 2. The molecule has 8 nitrogen and oxygen atoms in total. The minimum atomic E-state index is -4.17.